The van der Waals surface area contributed by atoms with Crippen LogP contribution in [-0.2, 0) is 9.53 Å². The summed E-state index contributed by atoms with van der Waals surface area (Å²) in [7, 11) is 0. The van der Waals surface area contributed by atoms with Crippen LogP contribution in [0.3, 0.4) is 0 Å². The Bertz CT molecular complexity index is 403. The molecule has 1 aromatic rings. The second-order valence-corrected chi connectivity index (χ2v) is 4.82. The van der Waals surface area contributed by atoms with Gasteiger partial charge >= 0.3 is 5.97 Å². The highest BCUT2D eigenvalue weighted by Crippen LogP contribution is 2.28. The van der Waals surface area contributed by atoms with Gasteiger partial charge in [-0.05, 0) is 44.7 Å². The SMILES string of the molecule is CCOC(=O)[C@@H]1CC[C@H](Nc2ccc(C)cn2)C1. The third-order valence-electron chi connectivity index (χ3n) is 3.32. The number of aromatic nitrogens is 1. The molecule has 0 saturated heterocycles. The maximum absolute atomic E-state index is 11.6. The van der Waals surface area contributed by atoms with Crippen molar-refractivity contribution in [3.05, 3.63) is 23.9 Å². The van der Waals surface area contributed by atoms with Crippen molar-refractivity contribution < 1.29 is 9.53 Å². The molecule has 1 N–H and O–H groups in total. The number of nitrogens with zero attached hydrogens (tertiary/aromatic N) is 1. The van der Waals surface area contributed by atoms with Crippen LogP contribution in [0.2, 0.25) is 0 Å². The van der Waals surface area contributed by atoms with E-state index in [4.69, 9.17) is 4.74 Å². The van der Waals surface area contributed by atoms with E-state index in [2.05, 4.69) is 10.3 Å². The van der Waals surface area contributed by atoms with Crippen molar-refractivity contribution in [1.29, 1.82) is 0 Å². The van der Waals surface area contributed by atoms with Crippen molar-refractivity contribution in [2.24, 2.45) is 5.92 Å². The number of carbonyl (C=O) groups is 1. The molecule has 2 atom stereocenters. The highest BCUT2D eigenvalue weighted by molar-refractivity contribution is 5.73. The van der Waals surface area contributed by atoms with Gasteiger partial charge in [-0.2, -0.15) is 0 Å². The van der Waals surface area contributed by atoms with Crippen molar-refractivity contribution in [3.63, 3.8) is 0 Å². The lowest BCUT2D eigenvalue weighted by Gasteiger charge is -2.13. The highest BCUT2D eigenvalue weighted by atomic mass is 16.5. The van der Waals surface area contributed by atoms with Crippen LogP contribution >= 0.6 is 0 Å². The Morgan fingerprint density at radius 3 is 3.00 bits per heavy atom. The Balaban J connectivity index is 1.86. The minimum Gasteiger partial charge on any atom is -0.466 e. The number of hydrogen-bond donors (Lipinski definition) is 1. The van der Waals surface area contributed by atoms with Crippen LogP contribution in [0.25, 0.3) is 0 Å². The first-order valence-electron chi connectivity index (χ1n) is 6.55. The second-order valence-electron chi connectivity index (χ2n) is 4.82. The minimum absolute atomic E-state index is 0.0490. The van der Waals surface area contributed by atoms with E-state index >= 15 is 0 Å². The largest absolute Gasteiger partial charge is 0.466 e. The van der Waals surface area contributed by atoms with Gasteiger partial charge in [-0.3, -0.25) is 4.79 Å². The molecule has 1 fully saturated rings. The summed E-state index contributed by atoms with van der Waals surface area (Å²) < 4.78 is 5.06. The van der Waals surface area contributed by atoms with Gasteiger partial charge in [0.2, 0.25) is 0 Å². The molecule has 0 aliphatic heterocycles. The molecule has 2 rings (SSSR count). The molecule has 0 radical (unpaired) electrons. The number of aryl methyl sites for hydroxylation is 1. The third kappa shape index (κ3) is 3.22. The van der Waals surface area contributed by atoms with Crippen molar-refractivity contribution in [1.82, 2.24) is 4.98 Å². The van der Waals surface area contributed by atoms with Crippen LogP contribution in [0.5, 0.6) is 0 Å². The highest BCUT2D eigenvalue weighted by Gasteiger charge is 2.30. The number of pyridine rings is 1. The summed E-state index contributed by atoms with van der Waals surface area (Å²) in [5.41, 5.74) is 1.15. The van der Waals surface area contributed by atoms with Crippen molar-refractivity contribution in [3.8, 4) is 0 Å². The summed E-state index contributed by atoms with van der Waals surface area (Å²) in [6, 6.07) is 4.34. The van der Waals surface area contributed by atoms with E-state index in [0.717, 1.165) is 30.6 Å². The molecule has 0 bridgehead atoms. The predicted octanol–water partition coefficient (Wildman–Crippen LogP) is 2.53. The number of carbonyl (C=O) groups excluding carboxylic acids is 1. The predicted molar refractivity (Wildman–Crippen MR) is 70.4 cm³/mol. The molecule has 98 valence electrons. The maximum atomic E-state index is 11.6. The topological polar surface area (TPSA) is 51.2 Å². The first kappa shape index (κ1) is 12.9. The Hall–Kier alpha value is -1.58. The lowest BCUT2D eigenvalue weighted by molar-refractivity contribution is -0.147. The smallest absolute Gasteiger partial charge is 0.308 e. The number of ether oxygens (including phenoxy) is 1. The summed E-state index contributed by atoms with van der Waals surface area (Å²) in [6.07, 6.45) is 4.59. The summed E-state index contributed by atoms with van der Waals surface area (Å²) in [5, 5.41) is 3.38. The Morgan fingerprint density at radius 1 is 1.50 bits per heavy atom. The Labute approximate surface area is 108 Å². The van der Waals surface area contributed by atoms with Gasteiger partial charge in [0, 0.05) is 12.2 Å². The molecule has 0 spiro atoms. The monoisotopic (exact) mass is 248 g/mol. The molecule has 0 aromatic carbocycles. The number of hydrogen-bond acceptors (Lipinski definition) is 4. The molecule has 4 heteroatoms. The average molecular weight is 248 g/mol. The first-order valence-corrected chi connectivity index (χ1v) is 6.55. The molecule has 0 amide bonds. The fourth-order valence-corrected chi connectivity index (χ4v) is 2.35. The van der Waals surface area contributed by atoms with Crippen molar-refractivity contribution in [2.45, 2.75) is 39.2 Å². The van der Waals surface area contributed by atoms with Crippen LogP contribution in [0.4, 0.5) is 5.82 Å². The van der Waals surface area contributed by atoms with E-state index < -0.39 is 0 Å². The summed E-state index contributed by atoms with van der Waals surface area (Å²) >= 11 is 0. The minimum atomic E-state index is -0.0568. The number of esters is 1. The molecule has 1 aromatic heterocycles. The quantitative estimate of drug-likeness (QED) is 0.832. The molecule has 1 saturated carbocycles. The van der Waals surface area contributed by atoms with E-state index in [-0.39, 0.29) is 11.9 Å². The lowest BCUT2D eigenvalue weighted by Crippen LogP contribution is -2.20. The van der Waals surface area contributed by atoms with E-state index in [0.29, 0.717) is 12.6 Å². The van der Waals surface area contributed by atoms with Gasteiger partial charge in [-0.1, -0.05) is 6.07 Å². The lowest BCUT2D eigenvalue weighted by atomic mass is 10.1. The van der Waals surface area contributed by atoms with E-state index in [1.807, 2.05) is 32.2 Å². The van der Waals surface area contributed by atoms with Crippen molar-refractivity contribution in [2.75, 3.05) is 11.9 Å². The molecule has 1 heterocycles. The van der Waals surface area contributed by atoms with Gasteiger partial charge in [0.15, 0.2) is 0 Å². The van der Waals surface area contributed by atoms with E-state index in [1.165, 1.54) is 0 Å². The molecular weight excluding hydrogens is 228 g/mol. The van der Waals surface area contributed by atoms with Gasteiger partial charge in [0.25, 0.3) is 0 Å². The number of nitrogens with one attached hydrogen (secondary N) is 1. The number of anilines is 1. The summed E-state index contributed by atoms with van der Waals surface area (Å²) in [6.45, 7) is 4.33. The van der Waals surface area contributed by atoms with Crippen LogP contribution in [0.1, 0.15) is 31.7 Å². The molecule has 1 aliphatic rings. The molecule has 18 heavy (non-hydrogen) atoms. The fraction of sp³-hybridized carbons (Fsp3) is 0.571. The Kier molecular flexibility index (Phi) is 4.18. The van der Waals surface area contributed by atoms with Crippen LogP contribution in [0.15, 0.2) is 18.3 Å². The zero-order chi connectivity index (χ0) is 13.0. The van der Waals surface area contributed by atoms with Crippen molar-refractivity contribution >= 4 is 11.8 Å². The molecule has 1 aliphatic carbocycles. The zero-order valence-electron chi connectivity index (χ0n) is 11.0. The van der Waals surface area contributed by atoms with Crippen LogP contribution in [-0.4, -0.2) is 23.6 Å². The average Bonchev–Trinajstić information content (AvgIpc) is 2.81. The van der Waals surface area contributed by atoms with E-state index in [9.17, 15) is 4.79 Å². The maximum Gasteiger partial charge on any atom is 0.308 e. The van der Waals surface area contributed by atoms with Gasteiger partial charge in [0.05, 0.1) is 12.5 Å². The zero-order valence-corrected chi connectivity index (χ0v) is 11.0. The summed E-state index contributed by atoms with van der Waals surface area (Å²) in [4.78, 5) is 15.9. The van der Waals surface area contributed by atoms with Gasteiger partial charge in [0.1, 0.15) is 5.82 Å². The standard InChI is InChI=1S/C14H20N2O2/c1-3-18-14(17)11-5-6-12(8-11)16-13-7-4-10(2)9-15-13/h4,7,9,11-12H,3,5-6,8H2,1-2H3,(H,15,16)/t11-,12+/m1/s1. The second kappa shape index (κ2) is 5.85. The van der Waals surface area contributed by atoms with E-state index in [1.54, 1.807) is 0 Å². The molecule has 4 nitrogen and oxygen atoms in total. The van der Waals surface area contributed by atoms with Crippen LogP contribution in [0, 0.1) is 12.8 Å². The van der Waals surface area contributed by atoms with Gasteiger partial charge < -0.3 is 10.1 Å². The fourth-order valence-electron chi connectivity index (χ4n) is 2.35. The number of rotatable bonds is 4. The summed E-state index contributed by atoms with van der Waals surface area (Å²) in [5.74, 6) is 0.877. The molecule has 0 unspecified atom stereocenters. The van der Waals surface area contributed by atoms with Gasteiger partial charge in [-0.25, -0.2) is 4.98 Å². The van der Waals surface area contributed by atoms with Gasteiger partial charge in [-0.15, -0.1) is 0 Å². The third-order valence-corrected chi connectivity index (χ3v) is 3.32. The normalized spacial score (nSPS) is 22.8. The van der Waals surface area contributed by atoms with Crippen LogP contribution < -0.4 is 5.32 Å². The Morgan fingerprint density at radius 2 is 2.33 bits per heavy atom. The molecular formula is C14H20N2O2. The first-order chi connectivity index (χ1) is 8.69.